The Hall–Kier alpha value is -4.77. The Balaban J connectivity index is 1.25. The van der Waals surface area contributed by atoms with Crippen LogP contribution in [0.25, 0.3) is 21.9 Å². The number of fused-ring (bicyclic) bond motifs is 2. The normalized spacial score (nSPS) is 22.2. The number of aliphatic hydroxyl groups is 2. The average molecular weight is 729 g/mol. The zero-order chi connectivity index (χ0) is 36.7. The van der Waals surface area contributed by atoms with Gasteiger partial charge in [-0.3, -0.25) is 13.9 Å². The quantitative estimate of drug-likeness (QED) is 0.106. The van der Waals surface area contributed by atoms with Crippen LogP contribution in [0.1, 0.15) is 31.5 Å². The van der Waals surface area contributed by atoms with E-state index >= 15 is 0 Å². The molecule has 0 amide bonds. The summed E-state index contributed by atoms with van der Waals surface area (Å²) in [5.74, 6) is -2.24. The molecule has 3 aromatic carbocycles. The number of methoxy groups -OCH3 is 1. The lowest BCUT2D eigenvalue weighted by Crippen LogP contribution is -2.44. The van der Waals surface area contributed by atoms with Gasteiger partial charge in [-0.05, 0) is 44.4 Å². The smallest absolute Gasteiger partial charge is 0.459 e. The summed E-state index contributed by atoms with van der Waals surface area (Å²) in [5.41, 5.74) is 4.23. The van der Waals surface area contributed by atoms with Crippen LogP contribution in [0, 0.1) is 18.6 Å². The molecule has 0 bridgehead atoms. The van der Waals surface area contributed by atoms with E-state index in [0.717, 1.165) is 17.5 Å². The summed E-state index contributed by atoms with van der Waals surface area (Å²) in [6, 6.07) is 13.6. The number of halogens is 2. The molecule has 1 aliphatic rings. The van der Waals surface area contributed by atoms with E-state index in [1.54, 1.807) is 31.2 Å². The summed E-state index contributed by atoms with van der Waals surface area (Å²) in [7, 11) is -3.17. The number of esters is 1. The highest BCUT2D eigenvalue weighted by Gasteiger charge is 2.54. The molecule has 6 unspecified atom stereocenters. The summed E-state index contributed by atoms with van der Waals surface area (Å²) in [6.45, 7) is 3.13. The number of nitrogens with zero attached hydrogens (tertiary/aromatic N) is 4. The van der Waals surface area contributed by atoms with Crippen molar-refractivity contribution in [2.24, 2.45) is 0 Å². The Morgan fingerprint density at radius 2 is 1.90 bits per heavy atom. The van der Waals surface area contributed by atoms with Gasteiger partial charge in [-0.15, -0.1) is 0 Å². The molecule has 0 radical (unpaired) electrons. The molecule has 0 spiro atoms. The van der Waals surface area contributed by atoms with Crippen molar-refractivity contribution in [3.05, 3.63) is 83.7 Å². The van der Waals surface area contributed by atoms with Crippen LogP contribution < -0.4 is 20.1 Å². The monoisotopic (exact) mass is 728 g/mol. The highest BCUT2D eigenvalue weighted by atomic mass is 31.2. The second-order valence-electron chi connectivity index (χ2n) is 12.0. The molecule has 3 heterocycles. The molecule has 0 aliphatic carbocycles. The standard InChI is InChI=1S/C33H35F2N6O9P/c1-17(30(43)47-15-20-12-13-21(34)14-23(20)35)40-51(45,50-24-11-7-9-19-8-5-6-10-22(19)24)48-16-25-27(42)33(3,44)31(49-25)41-18(2)37-26-28(41)38-32(36)39-29(26)46-4/h5-14,17,25,27,31,42,44H,15-16H2,1-4H3,(H,40,45)(H2,36,38,39). The Labute approximate surface area is 289 Å². The van der Waals surface area contributed by atoms with E-state index in [-0.39, 0.29) is 34.3 Å². The number of carbonyl (C=O) groups excluding carboxylic acids is 1. The number of carbonyl (C=O) groups is 1. The number of ether oxygens (including phenoxy) is 3. The van der Waals surface area contributed by atoms with Crippen LogP contribution in [0.4, 0.5) is 14.7 Å². The fourth-order valence-electron chi connectivity index (χ4n) is 5.72. The third-order valence-electron chi connectivity index (χ3n) is 8.35. The highest BCUT2D eigenvalue weighted by Crippen LogP contribution is 2.49. The minimum absolute atomic E-state index is 0.0779. The van der Waals surface area contributed by atoms with Gasteiger partial charge in [-0.25, -0.2) is 18.3 Å². The number of imidazole rings is 1. The molecule has 1 aliphatic heterocycles. The molecule has 18 heteroatoms. The lowest BCUT2D eigenvalue weighted by molar-refractivity contribution is -0.146. The first-order valence-electron chi connectivity index (χ1n) is 15.6. The first-order valence-corrected chi connectivity index (χ1v) is 17.2. The number of aryl methyl sites for hydroxylation is 1. The van der Waals surface area contributed by atoms with Crippen molar-refractivity contribution in [1.29, 1.82) is 0 Å². The highest BCUT2D eigenvalue weighted by molar-refractivity contribution is 7.52. The summed E-state index contributed by atoms with van der Waals surface area (Å²) in [4.78, 5) is 25.7. The molecule has 1 saturated heterocycles. The van der Waals surface area contributed by atoms with Crippen molar-refractivity contribution in [3.8, 4) is 11.6 Å². The van der Waals surface area contributed by atoms with Gasteiger partial charge in [0, 0.05) is 17.0 Å². The zero-order valence-corrected chi connectivity index (χ0v) is 28.7. The number of nitrogens with one attached hydrogen (secondary N) is 1. The number of hydrogen-bond donors (Lipinski definition) is 4. The predicted octanol–water partition coefficient (Wildman–Crippen LogP) is 4.09. The Bertz CT molecular complexity index is 2150. The maximum Gasteiger partial charge on any atom is 0.459 e. The number of nitrogen functional groups attached to an aromatic ring is 1. The number of rotatable bonds is 12. The number of benzene rings is 3. The van der Waals surface area contributed by atoms with Crippen LogP contribution in [-0.2, 0) is 30.0 Å². The third kappa shape index (κ3) is 7.22. The lowest BCUT2D eigenvalue weighted by Gasteiger charge is -2.28. The maximum atomic E-state index is 14.5. The Morgan fingerprint density at radius 3 is 2.65 bits per heavy atom. The van der Waals surface area contributed by atoms with Gasteiger partial charge in [0.05, 0.1) is 13.7 Å². The minimum atomic E-state index is -4.55. The molecule has 51 heavy (non-hydrogen) atoms. The number of anilines is 1. The van der Waals surface area contributed by atoms with E-state index in [9.17, 15) is 28.4 Å². The molecule has 5 aromatic rings. The fourth-order valence-corrected chi connectivity index (χ4v) is 7.24. The van der Waals surface area contributed by atoms with Gasteiger partial charge < -0.3 is 34.7 Å². The van der Waals surface area contributed by atoms with Crippen molar-refractivity contribution >= 4 is 41.6 Å². The topological polar surface area (TPSA) is 202 Å². The molecule has 5 N–H and O–H groups in total. The molecule has 270 valence electrons. The Morgan fingerprint density at radius 1 is 1.16 bits per heavy atom. The van der Waals surface area contributed by atoms with Crippen LogP contribution in [0.2, 0.25) is 0 Å². The molecule has 6 rings (SSSR count). The van der Waals surface area contributed by atoms with Crippen LogP contribution >= 0.6 is 7.75 Å². The first-order chi connectivity index (χ1) is 24.2. The van der Waals surface area contributed by atoms with E-state index in [4.69, 9.17) is 29.0 Å². The summed E-state index contributed by atoms with van der Waals surface area (Å²) < 4.78 is 71.7. The molecule has 0 saturated carbocycles. The largest absolute Gasteiger partial charge is 0.479 e. The van der Waals surface area contributed by atoms with Crippen LogP contribution in [-0.4, -0.2) is 73.3 Å². The predicted molar refractivity (Wildman–Crippen MR) is 178 cm³/mol. The third-order valence-corrected chi connectivity index (χ3v) is 9.98. The molecule has 6 atom stereocenters. The zero-order valence-electron chi connectivity index (χ0n) is 27.8. The molecule has 1 fully saturated rings. The van der Waals surface area contributed by atoms with Crippen LogP contribution in [0.3, 0.4) is 0 Å². The van der Waals surface area contributed by atoms with Gasteiger partial charge >= 0.3 is 13.7 Å². The van der Waals surface area contributed by atoms with Crippen LogP contribution in [0.15, 0.2) is 60.7 Å². The summed E-state index contributed by atoms with van der Waals surface area (Å²) in [5, 5.41) is 26.7. The van der Waals surface area contributed by atoms with Gasteiger partial charge in [0.15, 0.2) is 17.4 Å². The molecular weight excluding hydrogens is 693 g/mol. The van der Waals surface area contributed by atoms with Crippen molar-refractivity contribution in [2.75, 3.05) is 19.5 Å². The average Bonchev–Trinajstić information content (AvgIpc) is 3.52. The van der Waals surface area contributed by atoms with E-state index in [0.29, 0.717) is 17.3 Å². The van der Waals surface area contributed by atoms with Crippen molar-refractivity contribution < 1.29 is 51.6 Å². The number of hydrogen-bond acceptors (Lipinski definition) is 13. The van der Waals surface area contributed by atoms with E-state index in [1.807, 2.05) is 18.2 Å². The van der Waals surface area contributed by atoms with E-state index < -0.39 is 68.6 Å². The van der Waals surface area contributed by atoms with Gasteiger partial charge in [0.1, 0.15) is 53.7 Å². The first kappa shape index (κ1) is 36.0. The van der Waals surface area contributed by atoms with Gasteiger partial charge in [0.25, 0.3) is 0 Å². The summed E-state index contributed by atoms with van der Waals surface area (Å²) >= 11 is 0. The van der Waals surface area contributed by atoms with Crippen molar-refractivity contribution in [3.63, 3.8) is 0 Å². The van der Waals surface area contributed by atoms with Gasteiger partial charge in [-0.2, -0.15) is 15.1 Å². The number of aliphatic hydroxyl groups excluding tert-OH is 1. The number of nitrogens with two attached hydrogens (primary N) is 1. The fraction of sp³-hybridized carbons (Fsp3) is 0.333. The molecular formula is C33H35F2N6O9P. The van der Waals surface area contributed by atoms with E-state index in [2.05, 4.69) is 20.0 Å². The van der Waals surface area contributed by atoms with Crippen molar-refractivity contribution in [2.45, 2.75) is 57.5 Å². The SMILES string of the molecule is COc1nc(N)nc2c1nc(C)n2C1OC(COP(=O)(NC(C)C(=O)OCc2ccc(F)cc2F)Oc2cccc3ccccc23)C(O)C1(C)O. The molecule has 15 nitrogen and oxygen atoms in total. The van der Waals surface area contributed by atoms with Crippen molar-refractivity contribution in [1.82, 2.24) is 24.6 Å². The second-order valence-corrected chi connectivity index (χ2v) is 13.7. The van der Waals surface area contributed by atoms with Gasteiger partial charge in [0.2, 0.25) is 11.8 Å². The maximum absolute atomic E-state index is 14.5. The molecule has 2 aromatic heterocycles. The summed E-state index contributed by atoms with van der Waals surface area (Å²) in [6.07, 6.45) is -4.21. The van der Waals surface area contributed by atoms with E-state index in [1.165, 1.54) is 25.5 Å². The minimum Gasteiger partial charge on any atom is -0.479 e. The lowest BCUT2D eigenvalue weighted by atomic mass is 9.96. The van der Waals surface area contributed by atoms with Crippen LogP contribution in [0.5, 0.6) is 11.6 Å². The second kappa shape index (κ2) is 14.1. The Kier molecular flexibility index (Phi) is 9.96. The van der Waals surface area contributed by atoms with Gasteiger partial charge in [-0.1, -0.05) is 36.4 Å². The number of aromatic nitrogens is 4.